The third-order valence-corrected chi connectivity index (χ3v) is 3.01. The second kappa shape index (κ2) is 5.64. The molecule has 2 aromatic rings. The summed E-state index contributed by atoms with van der Waals surface area (Å²) >= 11 is 0. The first-order chi connectivity index (χ1) is 9.62. The Bertz CT molecular complexity index is 617. The van der Waals surface area contributed by atoms with E-state index >= 15 is 0 Å². The van der Waals surface area contributed by atoms with Crippen LogP contribution in [0.3, 0.4) is 0 Å². The molecule has 0 aliphatic carbocycles. The van der Waals surface area contributed by atoms with Crippen LogP contribution >= 0.6 is 0 Å². The van der Waals surface area contributed by atoms with E-state index < -0.39 is 5.97 Å². The largest absolute Gasteiger partial charge is 0.497 e. The minimum absolute atomic E-state index is 0.139. The quantitative estimate of drug-likeness (QED) is 0.861. The number of imidazole rings is 1. The lowest BCUT2D eigenvalue weighted by molar-refractivity contribution is 0.0596. The van der Waals surface area contributed by atoms with Crippen molar-refractivity contribution in [2.45, 2.75) is 13.3 Å². The molecule has 0 aliphatic rings. The number of nitrogens with zero attached hydrogens (tertiary/aromatic N) is 2. The second-order valence-electron chi connectivity index (χ2n) is 4.14. The molecule has 6 heteroatoms. The van der Waals surface area contributed by atoms with E-state index in [1.807, 2.05) is 31.2 Å². The summed E-state index contributed by atoms with van der Waals surface area (Å²) < 4.78 is 11.6. The molecule has 1 aromatic heterocycles. The fraction of sp³-hybridized carbons (Fsp3) is 0.286. The van der Waals surface area contributed by atoms with Crippen LogP contribution < -0.4 is 10.5 Å². The Morgan fingerprint density at radius 3 is 2.45 bits per heavy atom. The minimum atomic E-state index is -0.538. The van der Waals surface area contributed by atoms with Crippen LogP contribution in [-0.4, -0.2) is 29.7 Å². The summed E-state index contributed by atoms with van der Waals surface area (Å²) in [7, 11) is 2.91. The molecule has 0 atom stereocenters. The summed E-state index contributed by atoms with van der Waals surface area (Å²) in [6.45, 7) is 1.95. The molecule has 0 aliphatic heterocycles. The smallest absolute Gasteiger partial charge is 0.360 e. The van der Waals surface area contributed by atoms with E-state index in [0.29, 0.717) is 12.2 Å². The molecule has 6 nitrogen and oxygen atoms in total. The first kappa shape index (κ1) is 13.9. The Kier molecular flexibility index (Phi) is 3.93. The molecule has 106 valence electrons. The van der Waals surface area contributed by atoms with Crippen LogP contribution in [0.4, 0.5) is 5.82 Å². The van der Waals surface area contributed by atoms with Crippen molar-refractivity contribution < 1.29 is 14.3 Å². The monoisotopic (exact) mass is 275 g/mol. The summed E-state index contributed by atoms with van der Waals surface area (Å²) in [5.74, 6) is 1.19. The van der Waals surface area contributed by atoms with Gasteiger partial charge in [0.05, 0.1) is 14.2 Å². The van der Waals surface area contributed by atoms with Gasteiger partial charge in [0.15, 0.2) is 5.69 Å². The maximum Gasteiger partial charge on any atom is 0.360 e. The van der Waals surface area contributed by atoms with Crippen molar-refractivity contribution in [1.82, 2.24) is 9.55 Å². The number of benzene rings is 1. The zero-order chi connectivity index (χ0) is 14.7. The van der Waals surface area contributed by atoms with Gasteiger partial charge >= 0.3 is 5.97 Å². The highest BCUT2D eigenvalue weighted by atomic mass is 16.5. The van der Waals surface area contributed by atoms with Gasteiger partial charge in [-0.1, -0.05) is 6.92 Å². The van der Waals surface area contributed by atoms with Crippen molar-refractivity contribution in [3.63, 3.8) is 0 Å². The number of nitrogen functional groups attached to an aromatic ring is 1. The molecular formula is C14H17N3O3. The predicted octanol–water partition coefficient (Wildman–Crippen LogP) is 1.81. The Morgan fingerprint density at radius 1 is 1.30 bits per heavy atom. The molecule has 1 heterocycles. The van der Waals surface area contributed by atoms with Gasteiger partial charge < -0.3 is 15.2 Å². The first-order valence-electron chi connectivity index (χ1n) is 6.22. The number of hydrogen-bond acceptors (Lipinski definition) is 5. The summed E-state index contributed by atoms with van der Waals surface area (Å²) in [5.41, 5.74) is 6.99. The molecule has 2 N–H and O–H groups in total. The molecule has 0 amide bonds. The highest BCUT2D eigenvalue weighted by Crippen LogP contribution is 2.23. The lowest BCUT2D eigenvalue weighted by atomic mass is 10.3. The standard InChI is InChI=1S/C14H17N3O3/c1-4-11-16-12(14(18)20-3)13(15)17(11)9-5-7-10(19-2)8-6-9/h5-8H,4,15H2,1-3H3. The maximum absolute atomic E-state index is 11.6. The van der Waals surface area contributed by atoms with Crippen LogP contribution in [0, 0.1) is 0 Å². The Morgan fingerprint density at radius 2 is 1.95 bits per heavy atom. The predicted molar refractivity (Wildman–Crippen MR) is 75.2 cm³/mol. The van der Waals surface area contributed by atoms with Crippen molar-refractivity contribution in [1.29, 1.82) is 0 Å². The van der Waals surface area contributed by atoms with Crippen LogP contribution in [0.25, 0.3) is 5.69 Å². The Labute approximate surface area is 117 Å². The minimum Gasteiger partial charge on any atom is -0.497 e. The van der Waals surface area contributed by atoms with Crippen LogP contribution in [0.1, 0.15) is 23.2 Å². The average molecular weight is 275 g/mol. The molecule has 0 radical (unpaired) electrons. The topological polar surface area (TPSA) is 79.4 Å². The van der Waals surface area contributed by atoms with Crippen LogP contribution in [0.5, 0.6) is 5.75 Å². The number of hydrogen-bond donors (Lipinski definition) is 1. The summed E-state index contributed by atoms with van der Waals surface area (Å²) in [6, 6.07) is 7.37. The van der Waals surface area contributed by atoms with Crippen LogP contribution in [0.15, 0.2) is 24.3 Å². The lowest BCUT2D eigenvalue weighted by Gasteiger charge is -2.09. The van der Waals surface area contributed by atoms with E-state index in [2.05, 4.69) is 9.72 Å². The summed E-state index contributed by atoms with van der Waals surface area (Å²) in [4.78, 5) is 15.9. The van der Waals surface area contributed by atoms with E-state index in [1.165, 1.54) is 7.11 Å². The zero-order valence-electron chi connectivity index (χ0n) is 11.7. The summed E-state index contributed by atoms with van der Waals surface area (Å²) in [5, 5.41) is 0. The molecule has 0 spiro atoms. The number of aryl methyl sites for hydroxylation is 1. The SMILES string of the molecule is CCc1nc(C(=O)OC)c(N)n1-c1ccc(OC)cc1. The van der Waals surface area contributed by atoms with E-state index in [9.17, 15) is 4.79 Å². The maximum atomic E-state index is 11.6. The van der Waals surface area contributed by atoms with Gasteiger partial charge in [-0.25, -0.2) is 9.78 Å². The number of ether oxygens (including phenoxy) is 2. The van der Waals surface area contributed by atoms with Crippen LogP contribution in [0.2, 0.25) is 0 Å². The van der Waals surface area contributed by atoms with E-state index in [-0.39, 0.29) is 11.5 Å². The van der Waals surface area contributed by atoms with Gasteiger partial charge in [0, 0.05) is 12.1 Å². The van der Waals surface area contributed by atoms with E-state index in [1.54, 1.807) is 11.7 Å². The fourth-order valence-electron chi connectivity index (χ4n) is 1.98. The zero-order valence-corrected chi connectivity index (χ0v) is 11.7. The molecule has 20 heavy (non-hydrogen) atoms. The van der Waals surface area contributed by atoms with Gasteiger partial charge in [0.2, 0.25) is 0 Å². The number of carbonyl (C=O) groups excluding carboxylic acids is 1. The number of nitrogens with two attached hydrogens (primary N) is 1. The molecule has 0 unspecified atom stereocenters. The number of rotatable bonds is 4. The molecule has 0 fully saturated rings. The molecule has 0 saturated carbocycles. The molecule has 0 bridgehead atoms. The van der Waals surface area contributed by atoms with Crippen molar-refractivity contribution >= 4 is 11.8 Å². The Balaban J connectivity index is 2.54. The molecular weight excluding hydrogens is 258 g/mol. The van der Waals surface area contributed by atoms with Gasteiger partial charge in [-0.3, -0.25) is 4.57 Å². The van der Waals surface area contributed by atoms with Crippen molar-refractivity contribution in [3.8, 4) is 11.4 Å². The van der Waals surface area contributed by atoms with Gasteiger partial charge in [-0.2, -0.15) is 0 Å². The second-order valence-corrected chi connectivity index (χ2v) is 4.14. The van der Waals surface area contributed by atoms with Gasteiger partial charge in [-0.15, -0.1) is 0 Å². The van der Waals surface area contributed by atoms with E-state index in [4.69, 9.17) is 10.5 Å². The summed E-state index contributed by atoms with van der Waals surface area (Å²) in [6.07, 6.45) is 0.646. The normalized spacial score (nSPS) is 10.3. The third kappa shape index (κ3) is 2.32. The van der Waals surface area contributed by atoms with Crippen molar-refractivity contribution in [2.75, 3.05) is 20.0 Å². The number of carbonyl (C=O) groups is 1. The Hall–Kier alpha value is -2.50. The molecule has 0 saturated heterocycles. The van der Waals surface area contributed by atoms with Crippen molar-refractivity contribution in [2.24, 2.45) is 0 Å². The van der Waals surface area contributed by atoms with Gasteiger partial charge in [0.25, 0.3) is 0 Å². The average Bonchev–Trinajstić information content (AvgIpc) is 2.83. The van der Waals surface area contributed by atoms with Crippen molar-refractivity contribution in [3.05, 3.63) is 35.8 Å². The highest BCUT2D eigenvalue weighted by Gasteiger charge is 2.21. The third-order valence-electron chi connectivity index (χ3n) is 3.01. The lowest BCUT2D eigenvalue weighted by Crippen LogP contribution is -2.08. The molecule has 2 rings (SSSR count). The number of methoxy groups -OCH3 is 2. The van der Waals surface area contributed by atoms with E-state index in [0.717, 1.165) is 11.4 Å². The molecule has 1 aromatic carbocycles. The van der Waals surface area contributed by atoms with Gasteiger partial charge in [-0.05, 0) is 24.3 Å². The first-order valence-corrected chi connectivity index (χ1v) is 6.22. The number of aromatic nitrogens is 2. The number of anilines is 1. The highest BCUT2D eigenvalue weighted by molar-refractivity contribution is 5.92. The van der Waals surface area contributed by atoms with Gasteiger partial charge in [0.1, 0.15) is 17.4 Å². The fourth-order valence-corrected chi connectivity index (χ4v) is 1.98. The van der Waals surface area contributed by atoms with Crippen LogP contribution in [-0.2, 0) is 11.2 Å². The number of esters is 1.